The van der Waals surface area contributed by atoms with Crippen LogP contribution in [0.1, 0.15) is 38.7 Å². The van der Waals surface area contributed by atoms with Crippen molar-refractivity contribution in [2.24, 2.45) is 17.6 Å². The lowest BCUT2D eigenvalue weighted by Crippen LogP contribution is -2.16. The zero-order valence-corrected chi connectivity index (χ0v) is 12.2. The lowest BCUT2D eigenvalue weighted by atomic mass is 9.87. The minimum atomic E-state index is -0.652. The zero-order valence-electron chi connectivity index (χ0n) is 12.2. The Hall–Kier alpha value is -1.29. The third-order valence-corrected chi connectivity index (χ3v) is 3.68. The molecule has 1 rings (SSSR count). The summed E-state index contributed by atoms with van der Waals surface area (Å²) in [5.74, 6) is -0.392. The van der Waals surface area contributed by atoms with Gasteiger partial charge in [-0.25, -0.2) is 8.78 Å². The van der Waals surface area contributed by atoms with Gasteiger partial charge in [0.15, 0.2) is 0 Å². The van der Waals surface area contributed by atoms with Crippen LogP contribution in [0.15, 0.2) is 18.2 Å². The molecule has 0 fully saturated rings. The highest BCUT2D eigenvalue weighted by atomic mass is 19.1. The maximum atomic E-state index is 13.4. The highest BCUT2D eigenvalue weighted by molar-refractivity contribution is 5.80. The summed E-state index contributed by atoms with van der Waals surface area (Å²) < 4.78 is 26.2. The summed E-state index contributed by atoms with van der Waals surface area (Å²) in [5, 5.41) is 0. The molecule has 1 aromatic carbocycles. The monoisotopic (exact) mass is 283 g/mol. The average Bonchev–Trinajstić information content (AvgIpc) is 2.37. The quantitative estimate of drug-likeness (QED) is 0.793. The van der Waals surface area contributed by atoms with Crippen LogP contribution in [0.4, 0.5) is 8.78 Å². The molecular formula is C16H23F2NO. The Kier molecular flexibility index (Phi) is 6.79. The van der Waals surface area contributed by atoms with E-state index in [-0.39, 0.29) is 17.8 Å². The smallest absolute Gasteiger partial charge is 0.137 e. The lowest BCUT2D eigenvalue weighted by Gasteiger charge is -2.19. The van der Waals surface area contributed by atoms with Crippen LogP contribution in [-0.2, 0) is 11.2 Å². The molecular weight excluding hydrogens is 260 g/mol. The van der Waals surface area contributed by atoms with Crippen molar-refractivity contribution in [3.8, 4) is 0 Å². The fourth-order valence-corrected chi connectivity index (χ4v) is 2.34. The van der Waals surface area contributed by atoms with Gasteiger partial charge in [0.2, 0.25) is 0 Å². The number of hydrogen-bond acceptors (Lipinski definition) is 2. The number of halogens is 2. The average molecular weight is 283 g/mol. The first kappa shape index (κ1) is 16.8. The van der Waals surface area contributed by atoms with Crippen LogP contribution in [0.5, 0.6) is 0 Å². The molecule has 0 saturated carbocycles. The predicted molar refractivity (Wildman–Crippen MR) is 76.3 cm³/mol. The van der Waals surface area contributed by atoms with Gasteiger partial charge in [-0.2, -0.15) is 0 Å². The molecule has 1 atom stereocenters. The molecule has 20 heavy (non-hydrogen) atoms. The number of carbonyl (C=O) groups is 1. The van der Waals surface area contributed by atoms with Crippen LogP contribution in [0.3, 0.4) is 0 Å². The van der Waals surface area contributed by atoms with Crippen LogP contribution < -0.4 is 5.73 Å². The Balaban J connectivity index is 2.51. The molecule has 0 radical (unpaired) electrons. The Morgan fingerprint density at radius 2 is 1.95 bits per heavy atom. The Morgan fingerprint density at radius 1 is 1.25 bits per heavy atom. The van der Waals surface area contributed by atoms with Gasteiger partial charge in [-0.1, -0.05) is 19.9 Å². The Labute approximate surface area is 119 Å². The number of benzene rings is 1. The van der Waals surface area contributed by atoms with Gasteiger partial charge in [-0.3, -0.25) is 4.79 Å². The van der Waals surface area contributed by atoms with Gasteiger partial charge in [0.05, 0.1) is 0 Å². The van der Waals surface area contributed by atoms with Crippen molar-refractivity contribution in [3.63, 3.8) is 0 Å². The van der Waals surface area contributed by atoms with E-state index in [1.807, 2.05) is 0 Å². The number of Topliss-reactive ketones (excluding diaryl/α,β-unsaturated/α-hetero) is 1. The summed E-state index contributed by atoms with van der Waals surface area (Å²) in [5.41, 5.74) is 5.82. The van der Waals surface area contributed by atoms with Crippen molar-refractivity contribution in [2.45, 2.75) is 39.5 Å². The van der Waals surface area contributed by atoms with Gasteiger partial charge >= 0.3 is 0 Å². The minimum Gasteiger partial charge on any atom is -0.330 e. The summed E-state index contributed by atoms with van der Waals surface area (Å²) >= 11 is 0. The second-order valence-corrected chi connectivity index (χ2v) is 5.57. The predicted octanol–water partition coefficient (Wildman–Crippen LogP) is 3.48. The highest BCUT2D eigenvalue weighted by Gasteiger charge is 2.15. The van der Waals surface area contributed by atoms with Gasteiger partial charge in [0.1, 0.15) is 17.4 Å². The van der Waals surface area contributed by atoms with Gasteiger partial charge < -0.3 is 5.73 Å². The van der Waals surface area contributed by atoms with E-state index in [1.165, 1.54) is 12.1 Å². The van der Waals surface area contributed by atoms with E-state index < -0.39 is 11.6 Å². The Morgan fingerprint density at radius 3 is 2.50 bits per heavy atom. The van der Waals surface area contributed by atoms with E-state index in [9.17, 15) is 13.6 Å². The van der Waals surface area contributed by atoms with Gasteiger partial charge in [-0.05, 0) is 42.9 Å². The van der Waals surface area contributed by atoms with Crippen LogP contribution in [0, 0.1) is 23.5 Å². The molecule has 0 bridgehead atoms. The maximum Gasteiger partial charge on any atom is 0.137 e. The van der Waals surface area contributed by atoms with Gasteiger partial charge in [0, 0.05) is 18.9 Å². The summed E-state index contributed by atoms with van der Waals surface area (Å²) in [7, 11) is 0. The number of rotatable bonds is 8. The first-order chi connectivity index (χ1) is 9.43. The van der Waals surface area contributed by atoms with E-state index in [0.29, 0.717) is 24.8 Å². The summed E-state index contributed by atoms with van der Waals surface area (Å²) in [4.78, 5) is 11.9. The topological polar surface area (TPSA) is 43.1 Å². The van der Waals surface area contributed by atoms with Gasteiger partial charge in [-0.15, -0.1) is 0 Å². The van der Waals surface area contributed by atoms with E-state index in [2.05, 4.69) is 13.8 Å². The van der Waals surface area contributed by atoms with Crippen LogP contribution in [-0.4, -0.2) is 12.3 Å². The lowest BCUT2D eigenvalue weighted by molar-refractivity contribution is -0.118. The second-order valence-electron chi connectivity index (χ2n) is 5.57. The third-order valence-electron chi connectivity index (χ3n) is 3.68. The molecule has 0 aliphatic heterocycles. The molecule has 0 aliphatic rings. The van der Waals surface area contributed by atoms with Gasteiger partial charge in [0.25, 0.3) is 0 Å². The van der Waals surface area contributed by atoms with E-state index >= 15 is 0 Å². The number of hydrogen-bond donors (Lipinski definition) is 1. The molecule has 2 nitrogen and oxygen atoms in total. The number of nitrogens with two attached hydrogens (primary N) is 1. The Bertz CT molecular complexity index is 446. The van der Waals surface area contributed by atoms with Crippen molar-refractivity contribution in [2.75, 3.05) is 6.54 Å². The SMILES string of the molecule is CC(C)C(CCN)CCC(=O)Cc1ccc(F)cc1F. The minimum absolute atomic E-state index is 0.0156. The summed E-state index contributed by atoms with van der Waals surface area (Å²) in [6, 6.07) is 3.33. The van der Waals surface area contributed by atoms with E-state index in [1.54, 1.807) is 0 Å². The molecule has 0 aromatic heterocycles. The first-order valence-electron chi connectivity index (χ1n) is 7.09. The molecule has 4 heteroatoms. The van der Waals surface area contributed by atoms with Crippen molar-refractivity contribution in [1.82, 2.24) is 0 Å². The molecule has 0 amide bonds. The maximum absolute atomic E-state index is 13.4. The zero-order chi connectivity index (χ0) is 15.1. The van der Waals surface area contributed by atoms with Crippen molar-refractivity contribution in [1.29, 1.82) is 0 Å². The first-order valence-corrected chi connectivity index (χ1v) is 7.09. The second kappa shape index (κ2) is 8.10. The van der Waals surface area contributed by atoms with E-state index in [4.69, 9.17) is 5.73 Å². The molecule has 0 heterocycles. The molecule has 0 aliphatic carbocycles. The fraction of sp³-hybridized carbons (Fsp3) is 0.562. The van der Waals surface area contributed by atoms with Crippen LogP contribution >= 0.6 is 0 Å². The number of ketones is 1. The molecule has 112 valence electrons. The molecule has 0 spiro atoms. The molecule has 2 N–H and O–H groups in total. The highest BCUT2D eigenvalue weighted by Crippen LogP contribution is 2.21. The van der Waals surface area contributed by atoms with Crippen molar-refractivity contribution in [3.05, 3.63) is 35.4 Å². The van der Waals surface area contributed by atoms with Crippen LogP contribution in [0.2, 0.25) is 0 Å². The standard InChI is InChI=1S/C16H23F2NO/c1-11(2)12(7-8-19)4-6-15(20)9-13-3-5-14(17)10-16(13)18/h3,5,10-12H,4,6-9,19H2,1-2H3. The third kappa shape index (κ3) is 5.37. The normalized spacial score (nSPS) is 12.7. The number of carbonyl (C=O) groups excluding carboxylic acids is 1. The van der Waals surface area contributed by atoms with E-state index in [0.717, 1.165) is 18.9 Å². The molecule has 1 aromatic rings. The summed E-state index contributed by atoms with van der Waals surface area (Å²) in [6.45, 7) is 4.85. The largest absolute Gasteiger partial charge is 0.330 e. The van der Waals surface area contributed by atoms with Crippen molar-refractivity contribution >= 4 is 5.78 Å². The van der Waals surface area contributed by atoms with Crippen molar-refractivity contribution < 1.29 is 13.6 Å². The molecule has 0 saturated heterocycles. The fourth-order valence-electron chi connectivity index (χ4n) is 2.34. The molecule has 1 unspecified atom stereocenters. The summed E-state index contributed by atoms with van der Waals surface area (Å²) in [6.07, 6.45) is 2.12. The van der Waals surface area contributed by atoms with Crippen LogP contribution in [0.25, 0.3) is 0 Å².